The number of anilines is 1. The highest BCUT2D eigenvalue weighted by atomic mass is 35.5. The summed E-state index contributed by atoms with van der Waals surface area (Å²) in [5.41, 5.74) is 1.47. The molecule has 0 aliphatic rings. The Morgan fingerprint density at radius 3 is 2.48 bits per heavy atom. The summed E-state index contributed by atoms with van der Waals surface area (Å²) < 4.78 is 0. The molecule has 0 atom stereocenters. The van der Waals surface area contributed by atoms with Crippen molar-refractivity contribution in [1.82, 2.24) is 0 Å². The number of nitrogens with one attached hydrogen (secondary N) is 1. The zero-order valence-electron chi connectivity index (χ0n) is 10.7. The van der Waals surface area contributed by atoms with E-state index in [1.165, 1.54) is 24.3 Å². The van der Waals surface area contributed by atoms with Gasteiger partial charge in [0.1, 0.15) is 5.02 Å². The molecule has 2 N–H and O–H groups in total. The summed E-state index contributed by atoms with van der Waals surface area (Å²) in [6.07, 6.45) is 0. The van der Waals surface area contributed by atoms with Crippen LogP contribution in [0.3, 0.4) is 0 Å². The van der Waals surface area contributed by atoms with Crippen LogP contribution in [0, 0.1) is 10.1 Å². The van der Waals surface area contributed by atoms with Crippen molar-refractivity contribution in [2.75, 3.05) is 5.32 Å². The first-order valence-corrected chi connectivity index (χ1v) is 6.35. The Bertz CT molecular complexity index is 686. The largest absolute Gasteiger partial charge is 0.478 e. The first kappa shape index (κ1) is 14.8. The van der Waals surface area contributed by atoms with E-state index in [0.29, 0.717) is 12.2 Å². The molecule has 0 amide bonds. The van der Waals surface area contributed by atoms with Crippen molar-refractivity contribution in [2.24, 2.45) is 0 Å². The number of hydrogen-bond acceptors (Lipinski definition) is 4. The first-order valence-electron chi connectivity index (χ1n) is 5.97. The minimum Gasteiger partial charge on any atom is -0.478 e. The molecule has 21 heavy (non-hydrogen) atoms. The number of nitro groups is 1. The number of carbonyl (C=O) groups is 1. The molecule has 0 saturated carbocycles. The predicted molar refractivity (Wildman–Crippen MR) is 78.8 cm³/mol. The fraction of sp³-hybridized carbons (Fsp3) is 0.0714. The molecule has 0 aliphatic heterocycles. The van der Waals surface area contributed by atoms with Crippen molar-refractivity contribution >= 4 is 28.9 Å². The van der Waals surface area contributed by atoms with Gasteiger partial charge in [-0.3, -0.25) is 10.1 Å². The molecule has 2 aromatic rings. The molecule has 2 rings (SSSR count). The van der Waals surface area contributed by atoms with Gasteiger partial charge in [0, 0.05) is 18.3 Å². The molecule has 0 bridgehead atoms. The van der Waals surface area contributed by atoms with E-state index in [9.17, 15) is 14.9 Å². The molecular weight excluding hydrogens is 296 g/mol. The topological polar surface area (TPSA) is 92.5 Å². The van der Waals surface area contributed by atoms with Crippen molar-refractivity contribution in [2.45, 2.75) is 6.54 Å². The number of halogens is 1. The summed E-state index contributed by atoms with van der Waals surface area (Å²) in [5.74, 6) is -0.983. The van der Waals surface area contributed by atoms with Gasteiger partial charge in [0.15, 0.2) is 0 Å². The molecule has 7 heteroatoms. The fourth-order valence-corrected chi connectivity index (χ4v) is 1.92. The van der Waals surface area contributed by atoms with Crippen LogP contribution in [0.2, 0.25) is 5.02 Å². The molecule has 108 valence electrons. The number of aromatic carboxylic acids is 1. The Labute approximate surface area is 125 Å². The van der Waals surface area contributed by atoms with Crippen LogP contribution in [0.4, 0.5) is 11.4 Å². The van der Waals surface area contributed by atoms with Gasteiger partial charge in [0.05, 0.1) is 10.5 Å². The second-order valence-corrected chi connectivity index (χ2v) is 4.69. The minimum atomic E-state index is -0.983. The van der Waals surface area contributed by atoms with Crippen molar-refractivity contribution in [3.05, 3.63) is 68.7 Å². The maximum Gasteiger partial charge on any atom is 0.335 e. The summed E-state index contributed by atoms with van der Waals surface area (Å²) >= 11 is 5.73. The predicted octanol–water partition coefficient (Wildman–Crippen LogP) is 3.56. The van der Waals surface area contributed by atoms with E-state index in [1.807, 2.05) is 0 Å². The molecule has 0 aliphatic carbocycles. The van der Waals surface area contributed by atoms with Gasteiger partial charge in [0.25, 0.3) is 5.69 Å². The molecule has 2 aromatic carbocycles. The third-order valence-electron chi connectivity index (χ3n) is 2.84. The Morgan fingerprint density at radius 2 is 1.90 bits per heavy atom. The SMILES string of the molecule is O=C(O)c1ccc(CNc2ccc(Cl)c([N+](=O)[O-])c2)cc1. The normalized spacial score (nSPS) is 10.1. The molecule has 0 unspecified atom stereocenters. The van der Waals surface area contributed by atoms with Gasteiger partial charge in [-0.15, -0.1) is 0 Å². The number of benzene rings is 2. The molecule has 6 nitrogen and oxygen atoms in total. The van der Waals surface area contributed by atoms with Gasteiger partial charge in [-0.25, -0.2) is 4.79 Å². The highest BCUT2D eigenvalue weighted by Crippen LogP contribution is 2.27. The summed E-state index contributed by atoms with van der Waals surface area (Å²) in [4.78, 5) is 21.0. The lowest BCUT2D eigenvalue weighted by atomic mass is 10.1. The first-order chi connectivity index (χ1) is 9.97. The smallest absolute Gasteiger partial charge is 0.335 e. The van der Waals surface area contributed by atoms with Crippen LogP contribution in [0.25, 0.3) is 0 Å². The molecule has 0 aromatic heterocycles. The second kappa shape index (κ2) is 6.23. The molecule has 0 saturated heterocycles. The monoisotopic (exact) mass is 306 g/mol. The fourth-order valence-electron chi connectivity index (χ4n) is 1.73. The molecule has 0 spiro atoms. The molecule has 0 heterocycles. The summed E-state index contributed by atoms with van der Waals surface area (Å²) in [7, 11) is 0. The highest BCUT2D eigenvalue weighted by molar-refractivity contribution is 6.32. The number of carboxylic acids is 1. The maximum absolute atomic E-state index is 10.8. The number of rotatable bonds is 5. The lowest BCUT2D eigenvalue weighted by Crippen LogP contribution is -2.01. The van der Waals surface area contributed by atoms with E-state index in [-0.39, 0.29) is 16.3 Å². The molecule has 0 fully saturated rings. The quantitative estimate of drug-likeness (QED) is 0.651. The van der Waals surface area contributed by atoms with Crippen LogP contribution >= 0.6 is 11.6 Å². The minimum absolute atomic E-state index is 0.0800. The third-order valence-corrected chi connectivity index (χ3v) is 3.16. The Kier molecular flexibility index (Phi) is 4.39. The zero-order chi connectivity index (χ0) is 15.4. The number of nitro benzene ring substituents is 1. The number of carboxylic acid groups (broad SMARTS) is 1. The van der Waals surface area contributed by atoms with E-state index in [2.05, 4.69) is 5.32 Å². The summed E-state index contributed by atoms with van der Waals surface area (Å²) in [6.45, 7) is 0.415. The Balaban J connectivity index is 2.07. The van der Waals surface area contributed by atoms with Gasteiger partial charge < -0.3 is 10.4 Å². The average molecular weight is 307 g/mol. The van der Waals surface area contributed by atoms with Crippen molar-refractivity contribution in [3.8, 4) is 0 Å². The lowest BCUT2D eigenvalue weighted by Gasteiger charge is -2.07. The highest BCUT2D eigenvalue weighted by Gasteiger charge is 2.12. The van der Waals surface area contributed by atoms with Crippen molar-refractivity contribution < 1.29 is 14.8 Å². The zero-order valence-corrected chi connectivity index (χ0v) is 11.5. The van der Waals surface area contributed by atoms with Crippen LogP contribution in [0.15, 0.2) is 42.5 Å². The van der Waals surface area contributed by atoms with Gasteiger partial charge in [-0.05, 0) is 29.8 Å². The van der Waals surface area contributed by atoms with Gasteiger partial charge in [0.2, 0.25) is 0 Å². The molecule has 0 radical (unpaired) electrons. The molecular formula is C14H11ClN2O4. The van der Waals surface area contributed by atoms with Gasteiger partial charge >= 0.3 is 5.97 Å². The lowest BCUT2D eigenvalue weighted by molar-refractivity contribution is -0.384. The van der Waals surface area contributed by atoms with Crippen LogP contribution in [0.1, 0.15) is 15.9 Å². The Morgan fingerprint density at radius 1 is 1.24 bits per heavy atom. The van der Waals surface area contributed by atoms with Crippen LogP contribution in [0.5, 0.6) is 0 Å². The second-order valence-electron chi connectivity index (χ2n) is 4.28. The van der Waals surface area contributed by atoms with Gasteiger partial charge in [-0.2, -0.15) is 0 Å². The van der Waals surface area contributed by atoms with Crippen LogP contribution in [-0.2, 0) is 6.54 Å². The van der Waals surface area contributed by atoms with Crippen LogP contribution in [-0.4, -0.2) is 16.0 Å². The van der Waals surface area contributed by atoms with E-state index in [4.69, 9.17) is 16.7 Å². The van der Waals surface area contributed by atoms with Crippen molar-refractivity contribution in [3.63, 3.8) is 0 Å². The Hall–Kier alpha value is -2.60. The van der Waals surface area contributed by atoms with Crippen LogP contribution < -0.4 is 5.32 Å². The summed E-state index contributed by atoms with van der Waals surface area (Å²) in [6, 6.07) is 10.8. The average Bonchev–Trinajstić information content (AvgIpc) is 2.46. The van der Waals surface area contributed by atoms with E-state index in [1.54, 1.807) is 18.2 Å². The van der Waals surface area contributed by atoms with E-state index in [0.717, 1.165) is 5.56 Å². The number of hydrogen-bond donors (Lipinski definition) is 2. The van der Waals surface area contributed by atoms with E-state index < -0.39 is 10.9 Å². The summed E-state index contributed by atoms with van der Waals surface area (Å²) in [5, 5.41) is 22.7. The van der Waals surface area contributed by atoms with E-state index >= 15 is 0 Å². The van der Waals surface area contributed by atoms with Crippen molar-refractivity contribution in [1.29, 1.82) is 0 Å². The van der Waals surface area contributed by atoms with Gasteiger partial charge in [-0.1, -0.05) is 23.7 Å². The number of nitrogens with zero attached hydrogens (tertiary/aromatic N) is 1. The maximum atomic E-state index is 10.8. The standard InChI is InChI=1S/C14H11ClN2O4/c15-12-6-5-11(7-13(12)17(20)21)16-8-9-1-3-10(4-2-9)14(18)19/h1-7,16H,8H2,(H,18,19). The third kappa shape index (κ3) is 3.70.